The molecule has 3 amide bonds. The first-order chi connectivity index (χ1) is 20.7. The van der Waals surface area contributed by atoms with Gasteiger partial charge in [-0.05, 0) is 67.3 Å². The summed E-state index contributed by atoms with van der Waals surface area (Å²) in [7, 11) is 2.96. The smallest absolute Gasteiger partial charge is 0.246 e. The lowest BCUT2D eigenvalue weighted by molar-refractivity contribution is -0.146. The van der Waals surface area contributed by atoms with Crippen LogP contribution < -0.4 is 11.1 Å². The Morgan fingerprint density at radius 2 is 1.52 bits per heavy atom. The highest BCUT2D eigenvalue weighted by atomic mass is 19.2. The number of carbonyl (C=O) groups excluding carboxylic acids is 3. The summed E-state index contributed by atoms with van der Waals surface area (Å²) in [6.45, 7) is 5.10. The molecule has 10 heteroatoms. The van der Waals surface area contributed by atoms with Crippen LogP contribution in [-0.2, 0) is 27.2 Å². The molecule has 0 heterocycles. The zero-order chi connectivity index (χ0) is 32.6. The van der Waals surface area contributed by atoms with Gasteiger partial charge in [-0.25, -0.2) is 8.78 Å². The number of fused-ring (bicyclic) bond motifs is 1. The number of rotatable bonds is 13. The lowest BCUT2D eigenvalue weighted by Crippen LogP contribution is -2.56. The lowest BCUT2D eigenvalue weighted by atomic mass is 9.98. The third-order valence-corrected chi connectivity index (χ3v) is 7.35. The molecule has 3 atom stereocenters. The van der Waals surface area contributed by atoms with Gasteiger partial charge in [0.15, 0.2) is 11.6 Å². The number of halogens is 2. The van der Waals surface area contributed by atoms with Gasteiger partial charge >= 0.3 is 0 Å². The van der Waals surface area contributed by atoms with E-state index in [1.165, 1.54) is 43.0 Å². The van der Waals surface area contributed by atoms with E-state index in [9.17, 15) is 28.3 Å². The van der Waals surface area contributed by atoms with Crippen LogP contribution in [0.5, 0.6) is 0 Å². The van der Waals surface area contributed by atoms with Gasteiger partial charge in [-0.2, -0.15) is 0 Å². The van der Waals surface area contributed by atoms with Crippen molar-refractivity contribution in [2.45, 2.75) is 63.8 Å². The summed E-state index contributed by atoms with van der Waals surface area (Å²) < 4.78 is 27.7. The van der Waals surface area contributed by atoms with Gasteiger partial charge < -0.3 is 26.0 Å². The van der Waals surface area contributed by atoms with Crippen LogP contribution in [0.1, 0.15) is 38.3 Å². The zero-order valence-electron chi connectivity index (χ0n) is 25.9. The van der Waals surface area contributed by atoms with Crippen LogP contribution >= 0.6 is 0 Å². The Hall–Kier alpha value is -4.15. The molecule has 0 aromatic heterocycles. The van der Waals surface area contributed by atoms with Crippen molar-refractivity contribution in [1.29, 1.82) is 0 Å². The van der Waals surface area contributed by atoms with Crippen LogP contribution in [0.4, 0.5) is 8.78 Å². The van der Waals surface area contributed by atoms with Crippen molar-refractivity contribution in [3.8, 4) is 0 Å². The number of carbonyl (C=O) groups is 3. The lowest BCUT2D eigenvalue weighted by Gasteiger charge is -2.34. The molecular formula is C34H42F2N4O4. The number of nitrogens with one attached hydrogen (secondary N) is 1. The Labute approximate surface area is 257 Å². The maximum Gasteiger partial charge on any atom is 0.246 e. The second-order valence-corrected chi connectivity index (χ2v) is 12.0. The van der Waals surface area contributed by atoms with Gasteiger partial charge in [0.25, 0.3) is 0 Å². The van der Waals surface area contributed by atoms with Crippen LogP contribution in [0.25, 0.3) is 10.8 Å². The monoisotopic (exact) mass is 608 g/mol. The van der Waals surface area contributed by atoms with Gasteiger partial charge in [-0.3, -0.25) is 14.4 Å². The van der Waals surface area contributed by atoms with Gasteiger partial charge in [0.1, 0.15) is 12.1 Å². The molecular weight excluding hydrogens is 566 g/mol. The number of aliphatic hydroxyl groups excluding tert-OH is 1. The zero-order valence-corrected chi connectivity index (χ0v) is 25.9. The van der Waals surface area contributed by atoms with E-state index in [0.29, 0.717) is 12.0 Å². The van der Waals surface area contributed by atoms with Crippen LogP contribution in [0.3, 0.4) is 0 Å². The highest BCUT2D eigenvalue weighted by Crippen LogP contribution is 2.21. The number of benzene rings is 3. The van der Waals surface area contributed by atoms with Crippen molar-refractivity contribution in [1.82, 2.24) is 15.1 Å². The average Bonchev–Trinajstić information content (AvgIpc) is 2.97. The summed E-state index contributed by atoms with van der Waals surface area (Å²) in [5.74, 6) is -3.64. The number of hydrogen-bond acceptors (Lipinski definition) is 5. The molecule has 0 aliphatic heterocycles. The first-order valence-electron chi connectivity index (χ1n) is 14.5. The first-order valence-corrected chi connectivity index (χ1v) is 14.5. The molecule has 44 heavy (non-hydrogen) atoms. The van der Waals surface area contributed by atoms with Crippen molar-refractivity contribution in [3.05, 3.63) is 95.6 Å². The molecule has 0 saturated heterocycles. The summed E-state index contributed by atoms with van der Waals surface area (Å²) in [6.07, 6.45) is 2.66. The van der Waals surface area contributed by atoms with E-state index >= 15 is 0 Å². The fourth-order valence-corrected chi connectivity index (χ4v) is 4.76. The summed E-state index contributed by atoms with van der Waals surface area (Å²) in [6, 6.07) is 14.7. The van der Waals surface area contributed by atoms with E-state index in [1.54, 1.807) is 6.08 Å². The quantitative estimate of drug-likeness (QED) is 0.256. The van der Waals surface area contributed by atoms with Gasteiger partial charge in [-0.1, -0.05) is 54.6 Å². The van der Waals surface area contributed by atoms with E-state index in [2.05, 4.69) is 5.32 Å². The van der Waals surface area contributed by atoms with E-state index in [0.717, 1.165) is 28.5 Å². The van der Waals surface area contributed by atoms with Crippen molar-refractivity contribution in [3.63, 3.8) is 0 Å². The number of nitrogens with zero attached hydrogens (tertiary/aromatic N) is 2. The van der Waals surface area contributed by atoms with Gasteiger partial charge in [-0.15, -0.1) is 0 Å². The minimum Gasteiger partial charge on any atom is -0.392 e. The minimum atomic E-state index is -1.15. The number of nitrogens with two attached hydrogens (primary N) is 1. The number of aliphatic hydroxyl groups is 1. The van der Waals surface area contributed by atoms with E-state index in [4.69, 9.17) is 5.73 Å². The number of amides is 3. The van der Waals surface area contributed by atoms with Crippen molar-refractivity contribution < 1.29 is 28.3 Å². The fraction of sp³-hybridized carbons (Fsp3) is 0.382. The molecule has 236 valence electrons. The largest absolute Gasteiger partial charge is 0.392 e. The third-order valence-electron chi connectivity index (χ3n) is 7.35. The highest BCUT2D eigenvalue weighted by Gasteiger charge is 2.35. The topological polar surface area (TPSA) is 116 Å². The predicted octanol–water partition coefficient (Wildman–Crippen LogP) is 3.74. The number of hydrogen-bond donors (Lipinski definition) is 3. The van der Waals surface area contributed by atoms with Crippen molar-refractivity contribution >= 4 is 28.5 Å². The molecule has 4 N–H and O–H groups in total. The molecule has 0 unspecified atom stereocenters. The molecule has 0 spiro atoms. The van der Waals surface area contributed by atoms with Gasteiger partial charge in [0.05, 0.1) is 6.10 Å². The summed E-state index contributed by atoms with van der Waals surface area (Å²) in [4.78, 5) is 43.4. The van der Waals surface area contributed by atoms with Crippen LogP contribution in [0, 0.1) is 11.6 Å². The van der Waals surface area contributed by atoms with Crippen molar-refractivity contribution in [2.24, 2.45) is 5.73 Å². The van der Waals surface area contributed by atoms with Crippen molar-refractivity contribution in [2.75, 3.05) is 20.6 Å². The standard InChI is InChI=1S/C34H42F2N4O4/c1-22(41)21-38-32(43)29(19-24-13-15-27(35)28(36)18-24)40(5)33(44)30(39(4)31(42)11-8-16-34(2,3)37)20-23-12-14-25-9-6-7-10-26(25)17-23/h6-15,17-18,22,29-30,41H,16,19-21,37H2,1-5H3,(H,38,43)/t22-,29+,30+/m0/s1. The molecule has 0 saturated carbocycles. The Balaban J connectivity index is 1.98. The van der Waals surface area contributed by atoms with E-state index in [1.807, 2.05) is 56.3 Å². The van der Waals surface area contributed by atoms with Crippen LogP contribution in [-0.4, -0.2) is 77.0 Å². The molecule has 3 aromatic carbocycles. The van der Waals surface area contributed by atoms with E-state index < -0.39 is 53.1 Å². The SMILES string of the molecule is C[C@H](O)CNC(=O)[C@@H](Cc1ccc(F)c(F)c1)N(C)C(=O)[C@@H](Cc1ccc2ccccc2c1)N(C)C(=O)C=CCC(C)(C)N. The maximum absolute atomic E-state index is 14.2. The maximum atomic E-state index is 14.2. The molecule has 0 radical (unpaired) electrons. The van der Waals surface area contributed by atoms with Gasteiger partial charge in [0.2, 0.25) is 17.7 Å². The Kier molecular flexibility index (Phi) is 11.7. The Morgan fingerprint density at radius 3 is 2.16 bits per heavy atom. The third kappa shape index (κ3) is 9.68. The minimum absolute atomic E-state index is 0.0731. The summed E-state index contributed by atoms with van der Waals surface area (Å²) in [5.41, 5.74) is 6.62. The molecule has 3 rings (SSSR count). The summed E-state index contributed by atoms with van der Waals surface area (Å²) >= 11 is 0. The Bertz CT molecular complexity index is 1500. The van der Waals surface area contributed by atoms with Gasteiger partial charge in [0, 0.05) is 39.0 Å². The molecule has 0 aliphatic carbocycles. The number of likely N-dealkylation sites (N-methyl/N-ethyl adjacent to an activating group) is 2. The van der Waals surface area contributed by atoms with Crippen LogP contribution in [0.15, 0.2) is 72.8 Å². The second-order valence-electron chi connectivity index (χ2n) is 12.0. The highest BCUT2D eigenvalue weighted by molar-refractivity contribution is 5.95. The molecule has 0 bridgehead atoms. The molecule has 0 fully saturated rings. The fourth-order valence-electron chi connectivity index (χ4n) is 4.76. The predicted molar refractivity (Wildman–Crippen MR) is 168 cm³/mol. The van der Waals surface area contributed by atoms with E-state index in [-0.39, 0.29) is 19.4 Å². The average molecular weight is 609 g/mol. The Morgan fingerprint density at radius 1 is 0.909 bits per heavy atom. The molecule has 0 aliphatic rings. The normalized spacial score (nSPS) is 13.8. The first kappa shape index (κ1) is 34.3. The molecule has 8 nitrogen and oxygen atoms in total. The molecule has 3 aromatic rings. The second kappa shape index (κ2) is 15.0. The summed E-state index contributed by atoms with van der Waals surface area (Å²) in [5, 5.41) is 14.3. The van der Waals surface area contributed by atoms with Crippen LogP contribution in [0.2, 0.25) is 0 Å².